The molecule has 1 heterocycles. The third-order valence-electron chi connectivity index (χ3n) is 5.74. The molecule has 0 aromatic heterocycles. The maximum Gasteiger partial charge on any atom is 0.303 e. The van der Waals surface area contributed by atoms with Crippen molar-refractivity contribution in [2.75, 3.05) is 13.1 Å². The Morgan fingerprint density at radius 2 is 1.93 bits per heavy atom. The molecule has 1 fully saturated rings. The molecule has 6 heteroatoms. The summed E-state index contributed by atoms with van der Waals surface area (Å²) < 4.78 is 6.01. The van der Waals surface area contributed by atoms with E-state index in [1.807, 2.05) is 24.3 Å². The Morgan fingerprint density at radius 1 is 1.18 bits per heavy atom. The fourth-order valence-corrected chi connectivity index (χ4v) is 4.61. The van der Waals surface area contributed by atoms with E-state index in [-0.39, 0.29) is 11.8 Å². The fraction of sp³-hybridized carbons (Fsp3) is 0.409. The summed E-state index contributed by atoms with van der Waals surface area (Å²) in [6.45, 7) is 3.04. The smallest absolute Gasteiger partial charge is 0.303 e. The Hall–Kier alpha value is -1.75. The molecular formula is C22H23Cl2NO3. The molecule has 1 N–H and O–H groups in total. The number of carboxylic acid groups (broad SMARTS) is 1. The Morgan fingerprint density at radius 3 is 2.61 bits per heavy atom. The Labute approximate surface area is 175 Å². The zero-order chi connectivity index (χ0) is 19.7. The third kappa shape index (κ3) is 4.14. The maximum absolute atomic E-state index is 10.8. The first-order valence-electron chi connectivity index (χ1n) is 9.60. The normalized spacial score (nSPS) is 17.4. The van der Waals surface area contributed by atoms with Gasteiger partial charge in [-0.05, 0) is 61.2 Å². The molecule has 4 rings (SSSR count). The molecule has 2 aromatic carbocycles. The van der Waals surface area contributed by atoms with Gasteiger partial charge in [0.15, 0.2) is 0 Å². The second-order valence-electron chi connectivity index (χ2n) is 7.80. The van der Waals surface area contributed by atoms with Gasteiger partial charge >= 0.3 is 5.97 Å². The lowest BCUT2D eigenvalue weighted by atomic mass is 9.86. The van der Waals surface area contributed by atoms with Crippen molar-refractivity contribution >= 4 is 29.2 Å². The van der Waals surface area contributed by atoms with Crippen LogP contribution >= 0.6 is 23.2 Å². The molecule has 0 radical (unpaired) electrons. The predicted octanol–water partition coefficient (Wildman–Crippen LogP) is 5.28. The summed E-state index contributed by atoms with van der Waals surface area (Å²) in [5.74, 6) is 0.110. The van der Waals surface area contributed by atoms with E-state index >= 15 is 0 Å². The summed E-state index contributed by atoms with van der Waals surface area (Å²) in [5, 5.41) is 10.1. The molecule has 1 aliphatic carbocycles. The minimum absolute atomic E-state index is 0.207. The van der Waals surface area contributed by atoms with E-state index in [1.54, 1.807) is 0 Å². The molecule has 148 valence electrons. The lowest BCUT2D eigenvalue weighted by Gasteiger charge is -2.35. The topological polar surface area (TPSA) is 49.8 Å². The number of rotatable bonds is 7. The minimum Gasteiger partial charge on any atom is -0.489 e. The molecule has 0 atom stereocenters. The van der Waals surface area contributed by atoms with Crippen LogP contribution in [0.4, 0.5) is 0 Å². The first-order valence-corrected chi connectivity index (χ1v) is 10.4. The zero-order valence-electron chi connectivity index (χ0n) is 15.6. The number of benzene rings is 2. The highest BCUT2D eigenvalue weighted by Gasteiger charge is 2.49. The van der Waals surface area contributed by atoms with Crippen molar-refractivity contribution in [2.45, 2.75) is 44.2 Å². The summed E-state index contributed by atoms with van der Waals surface area (Å²) in [6.07, 6.45) is 3.28. The van der Waals surface area contributed by atoms with Gasteiger partial charge in [0.25, 0.3) is 0 Å². The summed E-state index contributed by atoms with van der Waals surface area (Å²) in [7, 11) is 0. The lowest BCUT2D eigenvalue weighted by molar-refractivity contribution is -0.137. The zero-order valence-corrected chi connectivity index (χ0v) is 17.1. The van der Waals surface area contributed by atoms with Crippen LogP contribution in [0.2, 0.25) is 10.0 Å². The molecule has 0 saturated heterocycles. The molecule has 2 aromatic rings. The Kier molecular flexibility index (Phi) is 5.55. The molecular weight excluding hydrogens is 397 g/mol. The average Bonchev–Trinajstić information content (AvgIpc) is 3.41. The van der Waals surface area contributed by atoms with Gasteiger partial charge in [-0.2, -0.15) is 0 Å². The van der Waals surface area contributed by atoms with Gasteiger partial charge < -0.3 is 9.84 Å². The lowest BCUT2D eigenvalue weighted by Crippen LogP contribution is -2.38. The maximum atomic E-state index is 10.8. The summed E-state index contributed by atoms with van der Waals surface area (Å²) in [4.78, 5) is 13.2. The van der Waals surface area contributed by atoms with Crippen LogP contribution in [0.15, 0.2) is 36.4 Å². The second kappa shape index (κ2) is 7.94. The van der Waals surface area contributed by atoms with Crippen LogP contribution in [0.1, 0.15) is 42.4 Å². The van der Waals surface area contributed by atoms with E-state index in [9.17, 15) is 4.79 Å². The standard InChI is InChI=1S/C22H23Cl2NO3/c23-19-3-1-4-20(24)17(19)13-28-16-7-6-15-12-25(10-2-5-21(26)27)14-22(8-9-22)18(15)11-16/h1,3-4,6-7,11H,2,5,8-10,12-14H2,(H,26,27). The fourth-order valence-electron chi connectivity index (χ4n) is 4.10. The van der Waals surface area contributed by atoms with Gasteiger partial charge in [0.1, 0.15) is 12.4 Å². The van der Waals surface area contributed by atoms with Gasteiger partial charge in [-0.3, -0.25) is 9.69 Å². The van der Waals surface area contributed by atoms with Crippen molar-refractivity contribution in [3.05, 3.63) is 63.1 Å². The molecule has 1 spiro atoms. The molecule has 0 amide bonds. The number of carbonyl (C=O) groups is 1. The van der Waals surface area contributed by atoms with Crippen molar-refractivity contribution in [3.8, 4) is 5.75 Å². The number of fused-ring (bicyclic) bond motifs is 2. The van der Waals surface area contributed by atoms with Gasteiger partial charge in [0, 0.05) is 40.5 Å². The van der Waals surface area contributed by atoms with E-state index in [2.05, 4.69) is 17.0 Å². The van der Waals surface area contributed by atoms with Crippen molar-refractivity contribution < 1.29 is 14.6 Å². The summed E-state index contributed by atoms with van der Waals surface area (Å²) in [6, 6.07) is 11.8. The number of carboxylic acids is 1. The molecule has 0 bridgehead atoms. The van der Waals surface area contributed by atoms with Crippen LogP contribution in [0.25, 0.3) is 0 Å². The number of hydrogen-bond acceptors (Lipinski definition) is 3. The van der Waals surface area contributed by atoms with E-state index < -0.39 is 5.97 Å². The first-order chi connectivity index (χ1) is 13.5. The quantitative estimate of drug-likeness (QED) is 0.662. The van der Waals surface area contributed by atoms with E-state index in [0.717, 1.165) is 30.9 Å². The van der Waals surface area contributed by atoms with Crippen LogP contribution < -0.4 is 4.74 Å². The summed E-state index contributed by atoms with van der Waals surface area (Å²) in [5.41, 5.74) is 3.71. The van der Waals surface area contributed by atoms with Gasteiger partial charge in [0.2, 0.25) is 0 Å². The number of halogens is 2. The van der Waals surface area contributed by atoms with Gasteiger partial charge in [-0.15, -0.1) is 0 Å². The number of ether oxygens (including phenoxy) is 1. The molecule has 2 aliphatic rings. The highest BCUT2D eigenvalue weighted by Crippen LogP contribution is 2.53. The number of aliphatic carboxylic acids is 1. The number of hydrogen-bond donors (Lipinski definition) is 1. The van der Waals surface area contributed by atoms with Crippen molar-refractivity contribution in [1.29, 1.82) is 0 Å². The molecule has 0 unspecified atom stereocenters. The van der Waals surface area contributed by atoms with Gasteiger partial charge in [0.05, 0.1) is 0 Å². The number of nitrogens with zero attached hydrogens (tertiary/aromatic N) is 1. The third-order valence-corrected chi connectivity index (χ3v) is 6.44. The largest absolute Gasteiger partial charge is 0.489 e. The van der Waals surface area contributed by atoms with E-state index in [1.165, 1.54) is 24.0 Å². The monoisotopic (exact) mass is 419 g/mol. The van der Waals surface area contributed by atoms with Crippen LogP contribution in [0, 0.1) is 0 Å². The SMILES string of the molecule is O=C(O)CCCN1Cc2ccc(OCc3c(Cl)cccc3Cl)cc2C2(CC2)C1. The van der Waals surface area contributed by atoms with E-state index in [4.69, 9.17) is 33.0 Å². The van der Waals surface area contributed by atoms with E-state index in [0.29, 0.717) is 23.1 Å². The van der Waals surface area contributed by atoms with Gasteiger partial charge in [-0.1, -0.05) is 35.3 Å². The first kappa shape index (κ1) is 19.6. The van der Waals surface area contributed by atoms with Gasteiger partial charge in [-0.25, -0.2) is 0 Å². The molecule has 28 heavy (non-hydrogen) atoms. The van der Waals surface area contributed by atoms with Crippen LogP contribution in [-0.2, 0) is 23.4 Å². The van der Waals surface area contributed by atoms with Crippen LogP contribution in [-0.4, -0.2) is 29.1 Å². The minimum atomic E-state index is -0.723. The molecule has 4 nitrogen and oxygen atoms in total. The van der Waals surface area contributed by atoms with Crippen molar-refractivity contribution in [2.24, 2.45) is 0 Å². The highest BCUT2D eigenvalue weighted by atomic mass is 35.5. The average molecular weight is 420 g/mol. The Balaban J connectivity index is 1.46. The van der Waals surface area contributed by atoms with Crippen LogP contribution in [0.3, 0.4) is 0 Å². The predicted molar refractivity (Wildman–Crippen MR) is 110 cm³/mol. The Bertz CT molecular complexity index is 875. The van der Waals surface area contributed by atoms with Crippen LogP contribution in [0.5, 0.6) is 5.75 Å². The molecule has 1 saturated carbocycles. The summed E-state index contributed by atoms with van der Waals surface area (Å²) >= 11 is 12.5. The highest BCUT2D eigenvalue weighted by molar-refractivity contribution is 6.35. The van der Waals surface area contributed by atoms with Crippen molar-refractivity contribution in [3.63, 3.8) is 0 Å². The second-order valence-corrected chi connectivity index (χ2v) is 8.61. The van der Waals surface area contributed by atoms with Crippen molar-refractivity contribution in [1.82, 2.24) is 4.90 Å². The molecule has 1 aliphatic heterocycles.